The van der Waals surface area contributed by atoms with Gasteiger partial charge >= 0.3 is 0 Å². The van der Waals surface area contributed by atoms with Crippen LogP contribution < -0.4 is 11.1 Å². The van der Waals surface area contributed by atoms with E-state index in [2.05, 4.69) is 19.2 Å². The van der Waals surface area contributed by atoms with Crippen molar-refractivity contribution in [2.75, 3.05) is 11.1 Å². The van der Waals surface area contributed by atoms with Gasteiger partial charge in [0.1, 0.15) is 0 Å². The van der Waals surface area contributed by atoms with Crippen LogP contribution in [-0.2, 0) is 12.8 Å². The summed E-state index contributed by atoms with van der Waals surface area (Å²) in [6, 6.07) is 11.0. The highest BCUT2D eigenvalue weighted by Gasteiger charge is 2.14. The number of para-hydroxylation sites is 1. The number of rotatable bonds is 4. The van der Waals surface area contributed by atoms with E-state index >= 15 is 0 Å². The molecule has 0 spiro atoms. The Hall–Kier alpha value is -2.00. The Balaban J connectivity index is 2.38. The molecule has 0 radical (unpaired) electrons. The molecule has 2 rings (SSSR count). The number of nitrogens with two attached hydrogens (primary N) is 1. The van der Waals surface area contributed by atoms with Crippen LogP contribution in [0.1, 0.15) is 35.3 Å². The Kier molecular flexibility index (Phi) is 4.86. The largest absolute Gasteiger partial charge is 0.399 e. The first kappa shape index (κ1) is 15.4. The lowest BCUT2D eigenvalue weighted by atomic mass is 10.0. The van der Waals surface area contributed by atoms with Crippen LogP contribution in [0.4, 0.5) is 11.4 Å². The monoisotopic (exact) mass is 302 g/mol. The molecule has 0 saturated carbocycles. The zero-order valence-electron chi connectivity index (χ0n) is 12.2. The minimum atomic E-state index is -0.233. The first-order chi connectivity index (χ1) is 10.1. The molecule has 0 heterocycles. The van der Waals surface area contributed by atoms with Gasteiger partial charge in [0.15, 0.2) is 0 Å². The predicted molar refractivity (Wildman–Crippen MR) is 89.0 cm³/mol. The van der Waals surface area contributed by atoms with Crippen LogP contribution >= 0.6 is 11.6 Å². The van der Waals surface area contributed by atoms with E-state index in [1.807, 2.05) is 18.2 Å². The molecule has 0 aromatic heterocycles. The van der Waals surface area contributed by atoms with Crippen LogP contribution in [0.3, 0.4) is 0 Å². The van der Waals surface area contributed by atoms with Crippen molar-refractivity contribution in [2.45, 2.75) is 26.7 Å². The molecule has 0 saturated heterocycles. The molecule has 3 N–H and O–H groups in total. The fourth-order valence-electron chi connectivity index (χ4n) is 2.30. The standard InChI is InChI=1S/C17H19ClN2O/c1-3-11-6-5-7-12(4-2)16(11)20-17(21)14-10-13(19)8-9-15(14)18/h5-10H,3-4,19H2,1-2H3,(H,20,21). The van der Waals surface area contributed by atoms with Gasteiger partial charge in [-0.3, -0.25) is 4.79 Å². The fourth-order valence-corrected chi connectivity index (χ4v) is 2.50. The Morgan fingerprint density at radius 3 is 2.33 bits per heavy atom. The molecule has 0 bridgehead atoms. The molecule has 0 aliphatic rings. The zero-order chi connectivity index (χ0) is 15.4. The molecule has 0 fully saturated rings. The summed E-state index contributed by atoms with van der Waals surface area (Å²) in [6.07, 6.45) is 1.71. The van der Waals surface area contributed by atoms with Crippen molar-refractivity contribution in [3.05, 3.63) is 58.1 Å². The zero-order valence-corrected chi connectivity index (χ0v) is 13.0. The van der Waals surface area contributed by atoms with E-state index < -0.39 is 0 Å². The van der Waals surface area contributed by atoms with Crippen molar-refractivity contribution in [3.63, 3.8) is 0 Å². The highest BCUT2D eigenvalue weighted by molar-refractivity contribution is 6.34. The molecule has 21 heavy (non-hydrogen) atoms. The van der Waals surface area contributed by atoms with Gasteiger partial charge in [0.2, 0.25) is 0 Å². The van der Waals surface area contributed by atoms with Gasteiger partial charge in [0.05, 0.1) is 10.6 Å². The number of nitrogens with one attached hydrogen (secondary N) is 1. The summed E-state index contributed by atoms with van der Waals surface area (Å²) < 4.78 is 0. The van der Waals surface area contributed by atoms with Crippen LogP contribution in [0.5, 0.6) is 0 Å². The molecule has 0 aliphatic heterocycles. The van der Waals surface area contributed by atoms with E-state index in [0.29, 0.717) is 16.3 Å². The Morgan fingerprint density at radius 1 is 1.14 bits per heavy atom. The number of carbonyl (C=O) groups excluding carboxylic acids is 1. The third-order valence-corrected chi connectivity index (χ3v) is 3.80. The van der Waals surface area contributed by atoms with Crippen LogP contribution in [0.15, 0.2) is 36.4 Å². The smallest absolute Gasteiger partial charge is 0.257 e. The number of benzene rings is 2. The number of hydrogen-bond donors (Lipinski definition) is 2. The van der Waals surface area contributed by atoms with E-state index in [9.17, 15) is 4.79 Å². The highest BCUT2D eigenvalue weighted by Crippen LogP contribution is 2.25. The van der Waals surface area contributed by atoms with Gasteiger partial charge in [0.25, 0.3) is 5.91 Å². The highest BCUT2D eigenvalue weighted by atomic mass is 35.5. The second-order valence-corrected chi connectivity index (χ2v) is 5.26. The summed E-state index contributed by atoms with van der Waals surface area (Å²) >= 11 is 6.09. The molecule has 4 heteroatoms. The molecule has 110 valence electrons. The van der Waals surface area contributed by atoms with E-state index in [4.69, 9.17) is 17.3 Å². The van der Waals surface area contributed by atoms with Crippen LogP contribution in [-0.4, -0.2) is 5.91 Å². The predicted octanol–water partition coefficient (Wildman–Crippen LogP) is 4.30. The third-order valence-electron chi connectivity index (χ3n) is 3.47. The lowest BCUT2D eigenvalue weighted by Crippen LogP contribution is -2.15. The number of aryl methyl sites for hydroxylation is 2. The summed E-state index contributed by atoms with van der Waals surface area (Å²) in [5, 5.41) is 3.38. The summed E-state index contributed by atoms with van der Waals surface area (Å²) in [4.78, 5) is 12.5. The minimum absolute atomic E-state index is 0.233. The molecule has 2 aromatic carbocycles. The maximum absolute atomic E-state index is 12.5. The number of hydrogen-bond acceptors (Lipinski definition) is 2. The van der Waals surface area contributed by atoms with Crippen molar-refractivity contribution in [3.8, 4) is 0 Å². The normalized spacial score (nSPS) is 10.4. The second kappa shape index (κ2) is 6.64. The van der Waals surface area contributed by atoms with Gasteiger partial charge < -0.3 is 11.1 Å². The number of amides is 1. The summed E-state index contributed by atoms with van der Waals surface area (Å²) in [5.74, 6) is -0.233. The molecule has 0 aliphatic carbocycles. The average molecular weight is 303 g/mol. The van der Waals surface area contributed by atoms with E-state index in [-0.39, 0.29) is 5.91 Å². The van der Waals surface area contributed by atoms with Crippen molar-refractivity contribution in [2.24, 2.45) is 0 Å². The second-order valence-electron chi connectivity index (χ2n) is 4.85. The maximum atomic E-state index is 12.5. The van der Waals surface area contributed by atoms with Crippen molar-refractivity contribution >= 4 is 28.9 Å². The lowest BCUT2D eigenvalue weighted by molar-refractivity contribution is 0.102. The molecule has 0 atom stereocenters. The molecule has 0 unspecified atom stereocenters. The quantitative estimate of drug-likeness (QED) is 0.827. The van der Waals surface area contributed by atoms with Gasteiger partial charge in [-0.2, -0.15) is 0 Å². The maximum Gasteiger partial charge on any atom is 0.257 e. The van der Waals surface area contributed by atoms with Crippen molar-refractivity contribution in [1.29, 1.82) is 0 Å². The molecular weight excluding hydrogens is 284 g/mol. The van der Waals surface area contributed by atoms with Gasteiger partial charge in [-0.1, -0.05) is 43.6 Å². The van der Waals surface area contributed by atoms with Crippen molar-refractivity contribution in [1.82, 2.24) is 0 Å². The molecule has 3 nitrogen and oxygen atoms in total. The molecule has 2 aromatic rings. The Morgan fingerprint density at radius 2 is 1.76 bits per heavy atom. The lowest BCUT2D eigenvalue weighted by Gasteiger charge is -2.15. The van der Waals surface area contributed by atoms with Crippen LogP contribution in [0.25, 0.3) is 0 Å². The number of carbonyl (C=O) groups is 1. The minimum Gasteiger partial charge on any atom is -0.399 e. The third kappa shape index (κ3) is 3.37. The Labute approximate surface area is 130 Å². The van der Waals surface area contributed by atoms with Gasteiger partial charge in [-0.05, 0) is 42.2 Å². The van der Waals surface area contributed by atoms with Gasteiger partial charge in [-0.15, -0.1) is 0 Å². The first-order valence-corrected chi connectivity index (χ1v) is 7.41. The number of halogens is 1. The van der Waals surface area contributed by atoms with Gasteiger partial charge in [-0.25, -0.2) is 0 Å². The van der Waals surface area contributed by atoms with E-state index in [0.717, 1.165) is 29.7 Å². The molecule has 1 amide bonds. The van der Waals surface area contributed by atoms with Crippen LogP contribution in [0.2, 0.25) is 5.02 Å². The average Bonchev–Trinajstić information content (AvgIpc) is 2.49. The van der Waals surface area contributed by atoms with E-state index in [1.54, 1.807) is 18.2 Å². The Bertz CT molecular complexity index is 646. The summed E-state index contributed by atoms with van der Waals surface area (Å²) in [6.45, 7) is 4.13. The van der Waals surface area contributed by atoms with Gasteiger partial charge in [0, 0.05) is 11.4 Å². The summed E-state index contributed by atoms with van der Waals surface area (Å²) in [5.41, 5.74) is 9.75. The van der Waals surface area contributed by atoms with Crippen LogP contribution in [0, 0.1) is 0 Å². The van der Waals surface area contributed by atoms with E-state index in [1.165, 1.54) is 0 Å². The number of anilines is 2. The van der Waals surface area contributed by atoms with Crippen molar-refractivity contribution < 1.29 is 4.79 Å². The first-order valence-electron chi connectivity index (χ1n) is 7.04. The number of nitrogen functional groups attached to an aromatic ring is 1. The fraction of sp³-hybridized carbons (Fsp3) is 0.235. The SMILES string of the molecule is CCc1cccc(CC)c1NC(=O)c1cc(N)ccc1Cl. The molecular formula is C17H19ClN2O. The summed E-state index contributed by atoms with van der Waals surface area (Å²) in [7, 11) is 0. The topological polar surface area (TPSA) is 55.1 Å².